The van der Waals surface area contributed by atoms with Crippen LogP contribution < -0.4 is 10.9 Å². The Bertz CT molecular complexity index is 798. The predicted molar refractivity (Wildman–Crippen MR) is 80.0 cm³/mol. The second-order valence-electron chi connectivity index (χ2n) is 4.47. The Labute approximate surface area is 120 Å². The summed E-state index contributed by atoms with van der Waals surface area (Å²) in [6.07, 6.45) is 1.47. The molecule has 0 aliphatic heterocycles. The van der Waals surface area contributed by atoms with Gasteiger partial charge >= 0.3 is 0 Å². The van der Waals surface area contributed by atoms with Crippen LogP contribution >= 0.6 is 0 Å². The molecule has 2 aromatic carbocycles. The third-order valence-electron chi connectivity index (χ3n) is 2.99. The van der Waals surface area contributed by atoms with E-state index < -0.39 is 0 Å². The molecule has 0 atom stereocenters. The largest absolute Gasteiger partial charge is 0.326 e. The van der Waals surface area contributed by atoms with Gasteiger partial charge in [-0.15, -0.1) is 0 Å². The number of nitrogens with zero attached hydrogens (tertiary/aromatic N) is 1. The Hall–Kier alpha value is -2.95. The first-order chi connectivity index (χ1) is 10.2. The molecule has 2 N–H and O–H groups in total. The molecule has 1 aromatic heterocycles. The van der Waals surface area contributed by atoms with E-state index in [2.05, 4.69) is 15.3 Å². The number of nitrogens with one attached hydrogen (secondary N) is 2. The molecule has 0 spiro atoms. The first-order valence-corrected chi connectivity index (χ1v) is 6.40. The van der Waals surface area contributed by atoms with Crippen molar-refractivity contribution in [3.63, 3.8) is 0 Å². The van der Waals surface area contributed by atoms with Crippen LogP contribution in [-0.4, -0.2) is 9.97 Å². The quantitative estimate of drug-likeness (QED) is 0.774. The second-order valence-corrected chi connectivity index (χ2v) is 4.47. The second kappa shape index (κ2) is 5.58. The van der Waals surface area contributed by atoms with Crippen molar-refractivity contribution < 1.29 is 4.39 Å². The molecular weight excluding hydrogens is 269 g/mol. The smallest absolute Gasteiger partial charge is 0.260 e. The monoisotopic (exact) mass is 281 g/mol. The number of benzene rings is 2. The standard InChI is InChI=1S/C16H12FN3O/c17-12-8-6-11(7-9-12)14-10-18-16(20-15(14)21)19-13-4-2-1-3-5-13/h1-10H,(H2,18,19,20,21). The van der Waals surface area contributed by atoms with Gasteiger partial charge in [-0.25, -0.2) is 9.37 Å². The lowest BCUT2D eigenvalue weighted by Gasteiger charge is -2.06. The Morgan fingerprint density at radius 2 is 1.71 bits per heavy atom. The maximum Gasteiger partial charge on any atom is 0.260 e. The molecule has 0 fully saturated rings. The molecular formula is C16H12FN3O. The average Bonchev–Trinajstić information content (AvgIpc) is 2.50. The van der Waals surface area contributed by atoms with Crippen molar-refractivity contribution >= 4 is 11.6 Å². The number of H-pyrrole nitrogens is 1. The zero-order valence-corrected chi connectivity index (χ0v) is 11.0. The van der Waals surface area contributed by atoms with Crippen molar-refractivity contribution in [3.8, 4) is 11.1 Å². The zero-order valence-electron chi connectivity index (χ0n) is 11.0. The molecule has 5 heteroatoms. The SMILES string of the molecule is O=c1[nH]c(Nc2ccccc2)ncc1-c1ccc(F)cc1. The van der Waals surface area contributed by atoms with Crippen LogP contribution in [0.2, 0.25) is 0 Å². The van der Waals surface area contributed by atoms with Gasteiger partial charge in [-0.3, -0.25) is 9.78 Å². The lowest BCUT2D eigenvalue weighted by Crippen LogP contribution is -2.12. The van der Waals surface area contributed by atoms with E-state index in [-0.39, 0.29) is 11.4 Å². The summed E-state index contributed by atoms with van der Waals surface area (Å²) in [5.74, 6) is 0.0163. The molecule has 0 amide bonds. The van der Waals surface area contributed by atoms with Gasteiger partial charge in [-0.05, 0) is 29.8 Å². The maximum absolute atomic E-state index is 12.9. The summed E-state index contributed by atoms with van der Waals surface area (Å²) in [6.45, 7) is 0. The number of para-hydroxylation sites is 1. The van der Waals surface area contributed by atoms with Crippen molar-refractivity contribution in [1.29, 1.82) is 0 Å². The Morgan fingerprint density at radius 1 is 1.00 bits per heavy atom. The highest BCUT2D eigenvalue weighted by Crippen LogP contribution is 2.16. The first kappa shape index (κ1) is 13.1. The van der Waals surface area contributed by atoms with Gasteiger partial charge in [0.05, 0.1) is 5.56 Å². The Morgan fingerprint density at radius 3 is 2.38 bits per heavy atom. The number of anilines is 2. The van der Waals surface area contributed by atoms with Gasteiger partial charge in [0.1, 0.15) is 5.82 Å². The molecule has 3 aromatic rings. The van der Waals surface area contributed by atoms with Crippen LogP contribution in [0.5, 0.6) is 0 Å². The van der Waals surface area contributed by atoms with E-state index in [0.29, 0.717) is 17.1 Å². The van der Waals surface area contributed by atoms with Crippen molar-refractivity contribution in [2.45, 2.75) is 0 Å². The summed E-state index contributed by atoms with van der Waals surface area (Å²) in [4.78, 5) is 18.9. The number of rotatable bonds is 3. The van der Waals surface area contributed by atoms with Crippen LogP contribution in [-0.2, 0) is 0 Å². The van der Waals surface area contributed by atoms with Crippen LogP contribution in [0.1, 0.15) is 0 Å². The molecule has 4 nitrogen and oxygen atoms in total. The predicted octanol–water partition coefficient (Wildman–Crippen LogP) is 3.32. The van der Waals surface area contributed by atoms with Crippen LogP contribution in [0.25, 0.3) is 11.1 Å². The number of halogens is 1. The third-order valence-corrected chi connectivity index (χ3v) is 2.99. The topological polar surface area (TPSA) is 57.8 Å². The molecule has 21 heavy (non-hydrogen) atoms. The van der Waals surface area contributed by atoms with E-state index in [9.17, 15) is 9.18 Å². The molecule has 3 rings (SSSR count). The summed E-state index contributed by atoms with van der Waals surface area (Å²) in [5.41, 5.74) is 1.57. The van der Waals surface area contributed by atoms with Gasteiger partial charge in [0.15, 0.2) is 0 Å². The third kappa shape index (κ3) is 2.97. The van der Waals surface area contributed by atoms with E-state index in [4.69, 9.17) is 0 Å². The molecule has 0 bridgehead atoms. The molecule has 104 valence electrons. The van der Waals surface area contributed by atoms with E-state index in [0.717, 1.165) is 5.69 Å². The molecule has 0 saturated carbocycles. The molecule has 1 heterocycles. The highest BCUT2D eigenvalue weighted by Gasteiger charge is 2.05. The van der Waals surface area contributed by atoms with E-state index in [1.165, 1.54) is 18.3 Å². The Balaban J connectivity index is 1.90. The van der Waals surface area contributed by atoms with Gasteiger partial charge < -0.3 is 5.32 Å². The van der Waals surface area contributed by atoms with Crippen LogP contribution in [0, 0.1) is 5.82 Å². The van der Waals surface area contributed by atoms with Crippen LogP contribution in [0.4, 0.5) is 16.0 Å². The Kier molecular flexibility index (Phi) is 3.47. The van der Waals surface area contributed by atoms with Gasteiger partial charge in [-0.2, -0.15) is 0 Å². The lowest BCUT2D eigenvalue weighted by molar-refractivity contribution is 0.628. The van der Waals surface area contributed by atoms with Gasteiger partial charge in [0.25, 0.3) is 5.56 Å². The molecule has 0 saturated heterocycles. The maximum atomic E-state index is 12.9. The number of aromatic amines is 1. The number of aromatic nitrogens is 2. The minimum absolute atomic E-state index is 0.282. The van der Waals surface area contributed by atoms with Gasteiger partial charge in [-0.1, -0.05) is 30.3 Å². The van der Waals surface area contributed by atoms with Crippen molar-refractivity contribution in [3.05, 3.63) is 77.0 Å². The van der Waals surface area contributed by atoms with Crippen molar-refractivity contribution in [2.75, 3.05) is 5.32 Å². The number of hydrogen-bond acceptors (Lipinski definition) is 3. The summed E-state index contributed by atoms with van der Waals surface area (Å²) in [7, 11) is 0. The lowest BCUT2D eigenvalue weighted by atomic mass is 10.1. The first-order valence-electron chi connectivity index (χ1n) is 6.40. The highest BCUT2D eigenvalue weighted by molar-refractivity contribution is 5.62. The molecule has 0 radical (unpaired) electrons. The fourth-order valence-corrected chi connectivity index (χ4v) is 1.95. The van der Waals surface area contributed by atoms with Crippen LogP contribution in [0.15, 0.2) is 65.6 Å². The fraction of sp³-hybridized carbons (Fsp3) is 0. The zero-order chi connectivity index (χ0) is 14.7. The van der Waals surface area contributed by atoms with Gasteiger partial charge in [0.2, 0.25) is 5.95 Å². The van der Waals surface area contributed by atoms with Gasteiger partial charge in [0, 0.05) is 11.9 Å². The summed E-state index contributed by atoms with van der Waals surface area (Å²) in [6, 6.07) is 15.1. The average molecular weight is 281 g/mol. The van der Waals surface area contributed by atoms with E-state index >= 15 is 0 Å². The summed E-state index contributed by atoms with van der Waals surface area (Å²) in [5, 5.41) is 3.01. The molecule has 0 aliphatic carbocycles. The fourth-order valence-electron chi connectivity index (χ4n) is 1.95. The minimum Gasteiger partial charge on any atom is -0.326 e. The summed E-state index contributed by atoms with van der Waals surface area (Å²) >= 11 is 0. The van der Waals surface area contributed by atoms with Crippen molar-refractivity contribution in [2.24, 2.45) is 0 Å². The normalized spacial score (nSPS) is 10.3. The van der Waals surface area contributed by atoms with Crippen molar-refractivity contribution in [1.82, 2.24) is 9.97 Å². The molecule has 0 aliphatic rings. The highest BCUT2D eigenvalue weighted by atomic mass is 19.1. The minimum atomic E-state index is -0.342. The van der Waals surface area contributed by atoms with Crippen LogP contribution in [0.3, 0.4) is 0 Å². The molecule has 0 unspecified atom stereocenters. The van der Waals surface area contributed by atoms with E-state index in [1.807, 2.05) is 30.3 Å². The van der Waals surface area contributed by atoms with E-state index in [1.54, 1.807) is 12.1 Å². The number of hydrogen-bond donors (Lipinski definition) is 2. The summed E-state index contributed by atoms with van der Waals surface area (Å²) < 4.78 is 12.9.